The van der Waals surface area contributed by atoms with E-state index in [4.69, 9.17) is 0 Å². The van der Waals surface area contributed by atoms with Gasteiger partial charge >= 0.3 is 0 Å². The second-order valence-electron chi connectivity index (χ2n) is 3.66. The summed E-state index contributed by atoms with van der Waals surface area (Å²) < 4.78 is 0. The van der Waals surface area contributed by atoms with E-state index in [0.29, 0.717) is 13.1 Å². The molecule has 94 valence electrons. The SMILES string of the molecule is C=CC(=O)NCc1cccc(CNC(=O)C=C)c1. The lowest BCUT2D eigenvalue weighted by Crippen LogP contribution is -2.21. The molecule has 0 saturated heterocycles. The Morgan fingerprint density at radius 2 is 1.44 bits per heavy atom. The molecular formula is C14H16N2O2. The second kappa shape index (κ2) is 7.06. The van der Waals surface area contributed by atoms with Crippen LogP contribution in [0.25, 0.3) is 0 Å². The third-order valence-electron chi connectivity index (χ3n) is 2.30. The predicted molar refractivity (Wildman–Crippen MR) is 70.5 cm³/mol. The Bertz CT molecular complexity index is 427. The maximum atomic E-state index is 11.0. The standard InChI is InChI=1S/C14H16N2O2/c1-3-13(17)15-9-11-6-5-7-12(8-11)10-16-14(18)4-2/h3-8H,1-2,9-10H2,(H,15,17)(H,16,18). The first-order chi connectivity index (χ1) is 8.65. The maximum absolute atomic E-state index is 11.0. The van der Waals surface area contributed by atoms with Gasteiger partial charge in [-0.15, -0.1) is 0 Å². The first-order valence-electron chi connectivity index (χ1n) is 5.54. The predicted octanol–water partition coefficient (Wildman–Crippen LogP) is 1.29. The van der Waals surface area contributed by atoms with Gasteiger partial charge in [-0.3, -0.25) is 9.59 Å². The number of amides is 2. The number of benzene rings is 1. The van der Waals surface area contributed by atoms with Gasteiger partial charge in [-0.05, 0) is 23.3 Å². The monoisotopic (exact) mass is 244 g/mol. The molecule has 0 spiro atoms. The van der Waals surface area contributed by atoms with Crippen molar-refractivity contribution in [2.24, 2.45) is 0 Å². The van der Waals surface area contributed by atoms with Gasteiger partial charge in [0.2, 0.25) is 11.8 Å². The average Bonchev–Trinajstić information content (AvgIpc) is 2.42. The molecule has 1 aromatic rings. The van der Waals surface area contributed by atoms with Gasteiger partial charge in [0.1, 0.15) is 0 Å². The van der Waals surface area contributed by atoms with Crippen LogP contribution in [0.3, 0.4) is 0 Å². The number of hydrogen-bond donors (Lipinski definition) is 2. The van der Waals surface area contributed by atoms with E-state index in [1.807, 2.05) is 24.3 Å². The van der Waals surface area contributed by atoms with Crippen LogP contribution >= 0.6 is 0 Å². The highest BCUT2D eigenvalue weighted by molar-refractivity contribution is 5.87. The van der Waals surface area contributed by atoms with Gasteiger partial charge < -0.3 is 10.6 Å². The molecule has 2 amide bonds. The largest absolute Gasteiger partial charge is 0.348 e. The number of nitrogens with one attached hydrogen (secondary N) is 2. The molecule has 0 heterocycles. The summed E-state index contributed by atoms with van der Waals surface area (Å²) in [5, 5.41) is 5.38. The smallest absolute Gasteiger partial charge is 0.243 e. The Kier molecular flexibility index (Phi) is 5.38. The lowest BCUT2D eigenvalue weighted by atomic mass is 10.1. The van der Waals surface area contributed by atoms with E-state index in [1.54, 1.807) is 0 Å². The minimum atomic E-state index is -0.208. The van der Waals surface area contributed by atoms with E-state index in [9.17, 15) is 9.59 Å². The van der Waals surface area contributed by atoms with Gasteiger partial charge in [-0.1, -0.05) is 37.4 Å². The summed E-state index contributed by atoms with van der Waals surface area (Å²) >= 11 is 0. The molecule has 0 unspecified atom stereocenters. The molecule has 1 aromatic carbocycles. The van der Waals surface area contributed by atoms with Crippen molar-refractivity contribution in [3.8, 4) is 0 Å². The Morgan fingerprint density at radius 3 is 1.83 bits per heavy atom. The molecule has 0 aromatic heterocycles. The molecule has 4 nitrogen and oxygen atoms in total. The Labute approximate surface area is 106 Å². The molecule has 2 N–H and O–H groups in total. The van der Waals surface area contributed by atoms with Crippen LogP contribution < -0.4 is 10.6 Å². The van der Waals surface area contributed by atoms with E-state index in [0.717, 1.165) is 11.1 Å². The molecule has 1 rings (SSSR count). The van der Waals surface area contributed by atoms with Gasteiger partial charge in [-0.25, -0.2) is 0 Å². The maximum Gasteiger partial charge on any atom is 0.243 e. The van der Waals surface area contributed by atoms with E-state index < -0.39 is 0 Å². The summed E-state index contributed by atoms with van der Waals surface area (Å²) in [5.74, 6) is -0.416. The minimum Gasteiger partial charge on any atom is -0.348 e. The van der Waals surface area contributed by atoms with E-state index in [1.165, 1.54) is 12.2 Å². The molecule has 0 aliphatic rings. The third kappa shape index (κ3) is 4.65. The molecule has 0 aliphatic carbocycles. The molecule has 0 atom stereocenters. The molecule has 0 fully saturated rings. The molecule has 0 aliphatic heterocycles. The zero-order valence-corrected chi connectivity index (χ0v) is 10.1. The fourth-order valence-corrected chi connectivity index (χ4v) is 1.37. The van der Waals surface area contributed by atoms with Crippen molar-refractivity contribution in [3.63, 3.8) is 0 Å². The van der Waals surface area contributed by atoms with Crippen molar-refractivity contribution in [2.45, 2.75) is 13.1 Å². The average molecular weight is 244 g/mol. The topological polar surface area (TPSA) is 58.2 Å². The summed E-state index contributed by atoms with van der Waals surface area (Å²) in [6, 6.07) is 7.61. The van der Waals surface area contributed by atoms with E-state index in [-0.39, 0.29) is 11.8 Å². The zero-order valence-electron chi connectivity index (χ0n) is 10.1. The lowest BCUT2D eigenvalue weighted by molar-refractivity contribution is -0.117. The highest BCUT2D eigenvalue weighted by atomic mass is 16.2. The van der Waals surface area contributed by atoms with Crippen LogP contribution in [0.2, 0.25) is 0 Å². The van der Waals surface area contributed by atoms with Crippen molar-refractivity contribution in [1.82, 2.24) is 10.6 Å². The van der Waals surface area contributed by atoms with Gasteiger partial charge in [0, 0.05) is 13.1 Å². The molecule has 0 saturated carbocycles. The fraction of sp³-hybridized carbons (Fsp3) is 0.143. The van der Waals surface area contributed by atoms with Crippen molar-refractivity contribution >= 4 is 11.8 Å². The molecule has 18 heavy (non-hydrogen) atoms. The van der Waals surface area contributed by atoms with Crippen molar-refractivity contribution in [1.29, 1.82) is 0 Å². The van der Waals surface area contributed by atoms with E-state index >= 15 is 0 Å². The Morgan fingerprint density at radius 1 is 1.00 bits per heavy atom. The number of rotatable bonds is 6. The fourth-order valence-electron chi connectivity index (χ4n) is 1.37. The van der Waals surface area contributed by atoms with Crippen LogP contribution in [0.5, 0.6) is 0 Å². The lowest BCUT2D eigenvalue weighted by Gasteiger charge is -2.06. The molecular weight excluding hydrogens is 228 g/mol. The van der Waals surface area contributed by atoms with E-state index in [2.05, 4.69) is 23.8 Å². The summed E-state index contributed by atoms with van der Waals surface area (Å²) in [4.78, 5) is 22.1. The Hall–Kier alpha value is -2.36. The zero-order chi connectivity index (χ0) is 13.4. The number of hydrogen-bond acceptors (Lipinski definition) is 2. The van der Waals surface area contributed by atoms with Crippen LogP contribution in [-0.4, -0.2) is 11.8 Å². The van der Waals surface area contributed by atoms with Crippen LogP contribution in [0, 0.1) is 0 Å². The highest BCUT2D eigenvalue weighted by Crippen LogP contribution is 2.05. The Balaban J connectivity index is 2.56. The van der Waals surface area contributed by atoms with Crippen LogP contribution in [0.4, 0.5) is 0 Å². The summed E-state index contributed by atoms with van der Waals surface area (Å²) in [6.45, 7) is 7.64. The van der Waals surface area contributed by atoms with Gasteiger partial charge in [0.15, 0.2) is 0 Å². The second-order valence-corrected chi connectivity index (χ2v) is 3.66. The van der Waals surface area contributed by atoms with Crippen LogP contribution in [0.15, 0.2) is 49.6 Å². The third-order valence-corrected chi connectivity index (χ3v) is 2.30. The number of carbonyl (C=O) groups is 2. The van der Waals surface area contributed by atoms with Crippen molar-refractivity contribution in [2.75, 3.05) is 0 Å². The van der Waals surface area contributed by atoms with Gasteiger partial charge in [-0.2, -0.15) is 0 Å². The molecule has 4 heteroatoms. The van der Waals surface area contributed by atoms with Crippen molar-refractivity contribution in [3.05, 3.63) is 60.7 Å². The minimum absolute atomic E-state index is 0.208. The molecule has 0 radical (unpaired) electrons. The highest BCUT2D eigenvalue weighted by Gasteiger charge is 1.99. The van der Waals surface area contributed by atoms with Crippen LogP contribution in [-0.2, 0) is 22.7 Å². The normalized spacial score (nSPS) is 9.33. The quantitative estimate of drug-likeness (QED) is 0.741. The van der Waals surface area contributed by atoms with Gasteiger partial charge in [0.05, 0.1) is 0 Å². The number of carbonyl (C=O) groups excluding carboxylic acids is 2. The van der Waals surface area contributed by atoms with Gasteiger partial charge in [0.25, 0.3) is 0 Å². The first-order valence-corrected chi connectivity index (χ1v) is 5.54. The summed E-state index contributed by atoms with van der Waals surface area (Å²) in [6.07, 6.45) is 2.46. The summed E-state index contributed by atoms with van der Waals surface area (Å²) in [7, 11) is 0. The summed E-state index contributed by atoms with van der Waals surface area (Å²) in [5.41, 5.74) is 1.94. The molecule has 0 bridgehead atoms. The van der Waals surface area contributed by atoms with Crippen molar-refractivity contribution < 1.29 is 9.59 Å². The first kappa shape index (κ1) is 13.7. The van der Waals surface area contributed by atoms with Crippen LogP contribution in [0.1, 0.15) is 11.1 Å².